The minimum absolute atomic E-state index is 0.0665. The lowest BCUT2D eigenvalue weighted by atomic mass is 10.0. The molecular formula is C69H130O6. The standard InChI is InChI=1S/C69H130O6/c1-4-7-10-13-16-19-22-25-28-30-32-34-36-37-39-41-44-47-50-53-56-59-62-68(71)74-65-66(64-73-67(70)61-58-55-52-49-46-43-27-24-21-18-15-12-9-6-3)75-69(72)63-60-57-54-51-48-45-42-40-38-35-33-31-29-26-23-20-17-14-11-8-5-2/h23,26,31,33,66H,4-22,24-25,27-30,32,34-65H2,1-3H3/b26-23-,33-31-. The molecule has 1 atom stereocenters. The molecule has 6 heteroatoms. The lowest BCUT2D eigenvalue weighted by Crippen LogP contribution is -2.30. The molecule has 1 unspecified atom stereocenters. The van der Waals surface area contributed by atoms with E-state index in [0.717, 1.165) is 64.2 Å². The first kappa shape index (κ1) is 72.9. The largest absolute Gasteiger partial charge is 0.462 e. The van der Waals surface area contributed by atoms with E-state index in [9.17, 15) is 14.4 Å². The first-order valence-corrected chi connectivity index (χ1v) is 33.8. The highest BCUT2D eigenvalue weighted by Crippen LogP contribution is 2.18. The Hall–Kier alpha value is -2.11. The summed E-state index contributed by atoms with van der Waals surface area (Å²) >= 11 is 0. The molecule has 0 N–H and O–H groups in total. The van der Waals surface area contributed by atoms with E-state index >= 15 is 0 Å². The average Bonchev–Trinajstić information content (AvgIpc) is 3.41. The van der Waals surface area contributed by atoms with Crippen LogP contribution in [0.5, 0.6) is 0 Å². The van der Waals surface area contributed by atoms with Crippen molar-refractivity contribution < 1.29 is 28.6 Å². The molecule has 0 aliphatic heterocycles. The number of unbranched alkanes of at least 4 members (excludes halogenated alkanes) is 48. The van der Waals surface area contributed by atoms with Gasteiger partial charge in [-0.05, 0) is 51.4 Å². The Balaban J connectivity index is 4.27. The number of carbonyl (C=O) groups is 3. The van der Waals surface area contributed by atoms with Gasteiger partial charge in [0, 0.05) is 19.3 Å². The van der Waals surface area contributed by atoms with Crippen LogP contribution in [0.2, 0.25) is 0 Å². The molecule has 0 aliphatic rings. The van der Waals surface area contributed by atoms with E-state index in [2.05, 4.69) is 45.1 Å². The number of hydrogen-bond donors (Lipinski definition) is 0. The molecule has 0 aromatic rings. The number of carbonyl (C=O) groups excluding carboxylic acids is 3. The molecule has 0 radical (unpaired) electrons. The van der Waals surface area contributed by atoms with Gasteiger partial charge in [-0.2, -0.15) is 0 Å². The first-order valence-electron chi connectivity index (χ1n) is 33.8. The molecule has 0 saturated carbocycles. The smallest absolute Gasteiger partial charge is 0.306 e. The summed E-state index contributed by atoms with van der Waals surface area (Å²) in [6.45, 7) is 6.71. The van der Waals surface area contributed by atoms with Crippen LogP contribution in [0.4, 0.5) is 0 Å². The highest BCUT2D eigenvalue weighted by Gasteiger charge is 2.19. The third-order valence-corrected chi connectivity index (χ3v) is 15.5. The summed E-state index contributed by atoms with van der Waals surface area (Å²) in [6.07, 6.45) is 77.6. The van der Waals surface area contributed by atoms with Crippen molar-refractivity contribution in [3.05, 3.63) is 24.3 Å². The topological polar surface area (TPSA) is 78.9 Å². The summed E-state index contributed by atoms with van der Waals surface area (Å²) < 4.78 is 17.0. The van der Waals surface area contributed by atoms with Crippen molar-refractivity contribution in [2.24, 2.45) is 0 Å². The zero-order valence-corrected chi connectivity index (χ0v) is 50.8. The van der Waals surface area contributed by atoms with E-state index in [1.165, 1.54) is 276 Å². The maximum Gasteiger partial charge on any atom is 0.306 e. The van der Waals surface area contributed by atoms with E-state index < -0.39 is 6.10 Å². The van der Waals surface area contributed by atoms with Gasteiger partial charge >= 0.3 is 17.9 Å². The van der Waals surface area contributed by atoms with E-state index in [-0.39, 0.29) is 31.1 Å². The van der Waals surface area contributed by atoms with Crippen molar-refractivity contribution in [2.75, 3.05) is 13.2 Å². The highest BCUT2D eigenvalue weighted by atomic mass is 16.6. The molecule has 0 amide bonds. The summed E-state index contributed by atoms with van der Waals surface area (Å²) in [5.41, 5.74) is 0. The Bertz CT molecular complexity index is 1210. The van der Waals surface area contributed by atoms with Crippen molar-refractivity contribution in [1.82, 2.24) is 0 Å². The van der Waals surface area contributed by atoms with Crippen LogP contribution in [0.25, 0.3) is 0 Å². The van der Waals surface area contributed by atoms with Gasteiger partial charge in [-0.15, -0.1) is 0 Å². The molecule has 0 aromatic carbocycles. The average molecular weight is 1060 g/mol. The van der Waals surface area contributed by atoms with Gasteiger partial charge in [0.2, 0.25) is 0 Å². The second kappa shape index (κ2) is 64.4. The van der Waals surface area contributed by atoms with E-state index in [1.807, 2.05) is 0 Å². The predicted octanol–water partition coefficient (Wildman–Crippen LogP) is 23.0. The summed E-state index contributed by atoms with van der Waals surface area (Å²) in [7, 11) is 0. The van der Waals surface area contributed by atoms with Crippen molar-refractivity contribution in [1.29, 1.82) is 0 Å². The minimum Gasteiger partial charge on any atom is -0.462 e. The Morgan fingerprint density at radius 2 is 0.480 bits per heavy atom. The van der Waals surface area contributed by atoms with Crippen LogP contribution >= 0.6 is 0 Å². The molecule has 0 rings (SSSR count). The number of esters is 3. The molecule has 0 saturated heterocycles. The van der Waals surface area contributed by atoms with Gasteiger partial charge in [0.25, 0.3) is 0 Å². The Labute approximate surface area is 468 Å². The Morgan fingerprint density at radius 3 is 0.733 bits per heavy atom. The zero-order valence-electron chi connectivity index (χ0n) is 50.8. The van der Waals surface area contributed by atoms with Gasteiger partial charge in [-0.25, -0.2) is 0 Å². The maximum atomic E-state index is 12.9. The summed E-state index contributed by atoms with van der Waals surface area (Å²) in [5, 5.41) is 0. The molecule has 6 nitrogen and oxygen atoms in total. The lowest BCUT2D eigenvalue weighted by molar-refractivity contribution is -0.167. The fraction of sp³-hybridized carbons (Fsp3) is 0.899. The van der Waals surface area contributed by atoms with Crippen LogP contribution in [-0.2, 0) is 28.6 Å². The molecule has 75 heavy (non-hydrogen) atoms. The third-order valence-electron chi connectivity index (χ3n) is 15.5. The minimum atomic E-state index is -0.770. The van der Waals surface area contributed by atoms with E-state index in [1.54, 1.807) is 0 Å². The van der Waals surface area contributed by atoms with Gasteiger partial charge in [0.15, 0.2) is 6.10 Å². The second-order valence-corrected chi connectivity index (χ2v) is 23.1. The fourth-order valence-corrected chi connectivity index (χ4v) is 10.4. The second-order valence-electron chi connectivity index (χ2n) is 23.1. The van der Waals surface area contributed by atoms with Crippen LogP contribution in [0.1, 0.15) is 380 Å². The third kappa shape index (κ3) is 62.6. The first-order chi connectivity index (χ1) is 37.0. The van der Waals surface area contributed by atoms with Gasteiger partial charge in [0.1, 0.15) is 13.2 Å². The number of ether oxygens (including phenoxy) is 3. The van der Waals surface area contributed by atoms with Gasteiger partial charge in [0.05, 0.1) is 0 Å². The van der Waals surface area contributed by atoms with Crippen LogP contribution < -0.4 is 0 Å². The molecule has 442 valence electrons. The fourth-order valence-electron chi connectivity index (χ4n) is 10.4. The molecule has 0 spiro atoms. The van der Waals surface area contributed by atoms with Crippen molar-refractivity contribution >= 4 is 17.9 Å². The van der Waals surface area contributed by atoms with E-state index in [4.69, 9.17) is 14.2 Å². The number of rotatable bonds is 63. The summed E-state index contributed by atoms with van der Waals surface area (Å²) in [5.74, 6) is -0.840. The van der Waals surface area contributed by atoms with Gasteiger partial charge in [-0.1, -0.05) is 334 Å². The van der Waals surface area contributed by atoms with Crippen LogP contribution in [0, 0.1) is 0 Å². The monoisotopic (exact) mass is 1050 g/mol. The molecule has 0 fully saturated rings. The predicted molar refractivity (Wildman–Crippen MR) is 326 cm³/mol. The van der Waals surface area contributed by atoms with Gasteiger partial charge in [-0.3, -0.25) is 14.4 Å². The summed E-state index contributed by atoms with van der Waals surface area (Å²) in [6, 6.07) is 0. The van der Waals surface area contributed by atoms with E-state index in [0.29, 0.717) is 19.3 Å². The number of allylic oxidation sites excluding steroid dienone is 4. The SMILES string of the molecule is CCCCCCC/C=C\C/C=C\CCCCCCCCCCCC(=O)OC(COC(=O)CCCCCCCCCCCCCCCC)COC(=O)CCCCCCCCCCCCCCCCCCCCCCCC. The molecular weight excluding hydrogens is 925 g/mol. The highest BCUT2D eigenvalue weighted by molar-refractivity contribution is 5.71. The Morgan fingerprint density at radius 1 is 0.267 bits per heavy atom. The van der Waals surface area contributed by atoms with Crippen LogP contribution in [0.15, 0.2) is 24.3 Å². The van der Waals surface area contributed by atoms with Crippen molar-refractivity contribution in [2.45, 2.75) is 386 Å². The Kier molecular flexibility index (Phi) is 62.6. The molecule has 0 aliphatic carbocycles. The summed E-state index contributed by atoms with van der Waals surface area (Å²) in [4.78, 5) is 38.4. The molecule has 0 aromatic heterocycles. The van der Waals surface area contributed by atoms with Crippen LogP contribution in [-0.4, -0.2) is 37.2 Å². The van der Waals surface area contributed by atoms with Crippen molar-refractivity contribution in [3.8, 4) is 0 Å². The normalized spacial score (nSPS) is 12.1. The van der Waals surface area contributed by atoms with Crippen LogP contribution in [0.3, 0.4) is 0 Å². The quantitative estimate of drug-likeness (QED) is 0.0261. The lowest BCUT2D eigenvalue weighted by Gasteiger charge is -2.18. The molecule has 0 bridgehead atoms. The van der Waals surface area contributed by atoms with Gasteiger partial charge < -0.3 is 14.2 Å². The van der Waals surface area contributed by atoms with Crippen molar-refractivity contribution in [3.63, 3.8) is 0 Å². The molecule has 0 heterocycles. The number of hydrogen-bond acceptors (Lipinski definition) is 6. The maximum absolute atomic E-state index is 12.9. The zero-order chi connectivity index (χ0) is 54.3.